The Morgan fingerprint density at radius 1 is 1.17 bits per heavy atom. The average molecular weight is 348 g/mol. The van der Waals surface area contributed by atoms with Gasteiger partial charge in [0.2, 0.25) is 0 Å². The highest BCUT2D eigenvalue weighted by molar-refractivity contribution is 7.90. The Hall–Kier alpha value is -1.96. The fraction of sp³-hybridized carbons (Fsp3) is 0.188. The lowest BCUT2D eigenvalue weighted by atomic mass is 10.2. The predicted octanol–water partition coefficient (Wildman–Crippen LogP) is 3.26. The van der Waals surface area contributed by atoms with Gasteiger partial charge in [-0.15, -0.1) is 11.3 Å². The molecule has 0 spiro atoms. The Balaban J connectivity index is 1.96. The summed E-state index contributed by atoms with van der Waals surface area (Å²) in [7, 11) is -3.23. The molecule has 7 heteroatoms. The third kappa shape index (κ3) is 3.36. The number of thiophene rings is 1. The van der Waals surface area contributed by atoms with Gasteiger partial charge in [-0.1, -0.05) is 12.1 Å². The number of aliphatic hydroxyl groups excluding tert-OH is 1. The summed E-state index contributed by atoms with van der Waals surface area (Å²) < 4.78 is 23.4. The van der Waals surface area contributed by atoms with Crippen LogP contribution in [0.3, 0.4) is 0 Å². The Kier molecular flexibility index (Phi) is 4.09. The fourth-order valence-electron chi connectivity index (χ4n) is 2.19. The number of nitrogens with zero attached hydrogens (tertiary/aromatic N) is 1. The largest absolute Gasteiger partial charge is 0.387 e. The van der Waals surface area contributed by atoms with Gasteiger partial charge in [0.15, 0.2) is 9.84 Å². The van der Waals surface area contributed by atoms with E-state index in [9.17, 15) is 13.5 Å². The van der Waals surface area contributed by atoms with Crippen LogP contribution in [0.15, 0.2) is 47.4 Å². The molecule has 120 valence electrons. The molecule has 0 aliphatic carbocycles. The molecule has 0 amide bonds. The molecule has 0 fully saturated rings. The van der Waals surface area contributed by atoms with Crippen molar-refractivity contribution in [1.29, 1.82) is 0 Å². The third-order valence-corrected chi connectivity index (χ3v) is 5.72. The van der Waals surface area contributed by atoms with E-state index in [4.69, 9.17) is 0 Å². The second-order valence-corrected chi connectivity index (χ2v) is 8.45. The molecule has 1 atom stereocenters. The smallest absolute Gasteiger partial charge is 0.175 e. The molecular weight excluding hydrogens is 332 g/mol. The Morgan fingerprint density at radius 3 is 2.57 bits per heavy atom. The van der Waals surface area contributed by atoms with Gasteiger partial charge in [0.05, 0.1) is 21.6 Å². The number of nitrogens with one attached hydrogen (secondary N) is 1. The van der Waals surface area contributed by atoms with Crippen LogP contribution in [0, 0.1) is 0 Å². The first-order chi connectivity index (χ1) is 10.8. The van der Waals surface area contributed by atoms with E-state index in [0.717, 1.165) is 21.0 Å². The average Bonchev–Trinajstić information content (AvgIpc) is 3.15. The van der Waals surface area contributed by atoms with Gasteiger partial charge in [0, 0.05) is 11.1 Å². The van der Waals surface area contributed by atoms with E-state index >= 15 is 0 Å². The molecule has 5 nitrogen and oxygen atoms in total. The van der Waals surface area contributed by atoms with Gasteiger partial charge >= 0.3 is 0 Å². The molecule has 3 rings (SSSR count). The minimum absolute atomic E-state index is 0.307. The minimum Gasteiger partial charge on any atom is -0.387 e. The molecule has 3 aromatic rings. The lowest BCUT2D eigenvalue weighted by Crippen LogP contribution is -1.96. The number of benzene rings is 1. The molecule has 0 saturated heterocycles. The van der Waals surface area contributed by atoms with Crippen LogP contribution in [0.2, 0.25) is 0 Å². The van der Waals surface area contributed by atoms with Gasteiger partial charge in [0.1, 0.15) is 5.69 Å². The van der Waals surface area contributed by atoms with Crippen LogP contribution in [0.25, 0.3) is 21.0 Å². The van der Waals surface area contributed by atoms with Gasteiger partial charge in [-0.2, -0.15) is 5.10 Å². The second kappa shape index (κ2) is 5.92. The van der Waals surface area contributed by atoms with E-state index in [2.05, 4.69) is 10.2 Å². The molecule has 0 bridgehead atoms. The zero-order valence-electron chi connectivity index (χ0n) is 12.6. The normalized spacial score (nSPS) is 13.2. The van der Waals surface area contributed by atoms with Crippen molar-refractivity contribution in [1.82, 2.24) is 10.2 Å². The molecular formula is C16H16N2O3S2. The summed E-state index contributed by atoms with van der Waals surface area (Å²) in [6, 6.07) is 12.6. The summed E-state index contributed by atoms with van der Waals surface area (Å²) in [5, 5.41) is 16.6. The molecule has 2 heterocycles. The highest BCUT2D eigenvalue weighted by Gasteiger charge is 2.12. The number of hydrogen-bond donors (Lipinski definition) is 2. The summed E-state index contributed by atoms with van der Waals surface area (Å²) in [6.07, 6.45) is 0.606. The molecule has 2 aromatic heterocycles. The van der Waals surface area contributed by atoms with Crippen molar-refractivity contribution in [3.05, 3.63) is 48.2 Å². The van der Waals surface area contributed by atoms with Crippen molar-refractivity contribution in [3.8, 4) is 21.0 Å². The van der Waals surface area contributed by atoms with E-state index in [-0.39, 0.29) is 0 Å². The van der Waals surface area contributed by atoms with Gasteiger partial charge in [-0.05, 0) is 42.8 Å². The van der Waals surface area contributed by atoms with E-state index in [1.807, 2.05) is 24.3 Å². The van der Waals surface area contributed by atoms with Gasteiger partial charge in [-0.25, -0.2) is 8.42 Å². The van der Waals surface area contributed by atoms with Crippen molar-refractivity contribution in [2.24, 2.45) is 0 Å². The number of hydrogen-bond acceptors (Lipinski definition) is 5. The lowest BCUT2D eigenvalue weighted by Gasteiger charge is -2.01. The van der Waals surface area contributed by atoms with Gasteiger partial charge in [0.25, 0.3) is 0 Å². The quantitative estimate of drug-likeness (QED) is 0.758. The zero-order chi connectivity index (χ0) is 16.6. The molecule has 0 radical (unpaired) electrons. The van der Waals surface area contributed by atoms with Gasteiger partial charge < -0.3 is 5.11 Å². The van der Waals surface area contributed by atoms with Crippen molar-refractivity contribution in [2.45, 2.75) is 17.9 Å². The first-order valence-electron chi connectivity index (χ1n) is 6.98. The van der Waals surface area contributed by atoms with E-state index in [0.29, 0.717) is 10.6 Å². The molecule has 0 aliphatic rings. The standard InChI is InChI=1S/C16H16N2O3S2/c1-10(19)13-9-14(18-17-13)16-7-6-15(22-16)11-4-3-5-12(8-11)23(2,20)21/h3-10,19H,1-2H3,(H,17,18). The second-order valence-electron chi connectivity index (χ2n) is 5.35. The maximum absolute atomic E-state index is 11.7. The molecule has 1 aromatic carbocycles. The maximum Gasteiger partial charge on any atom is 0.175 e. The first kappa shape index (κ1) is 15.9. The van der Waals surface area contributed by atoms with E-state index < -0.39 is 15.9 Å². The highest BCUT2D eigenvalue weighted by atomic mass is 32.2. The van der Waals surface area contributed by atoms with Crippen LogP contribution in [0.5, 0.6) is 0 Å². The molecule has 23 heavy (non-hydrogen) atoms. The molecule has 2 N–H and O–H groups in total. The lowest BCUT2D eigenvalue weighted by molar-refractivity contribution is 0.194. The summed E-state index contributed by atoms with van der Waals surface area (Å²) in [5.41, 5.74) is 2.28. The van der Waals surface area contributed by atoms with Gasteiger partial charge in [-0.3, -0.25) is 5.10 Å². The number of H-pyrrole nitrogens is 1. The Labute approximate surface area is 138 Å². The third-order valence-electron chi connectivity index (χ3n) is 3.45. The Bertz CT molecular complexity index is 940. The number of aliphatic hydroxyl groups is 1. The van der Waals surface area contributed by atoms with Crippen LogP contribution >= 0.6 is 11.3 Å². The maximum atomic E-state index is 11.7. The highest BCUT2D eigenvalue weighted by Crippen LogP contribution is 2.34. The molecule has 1 unspecified atom stereocenters. The minimum atomic E-state index is -3.23. The zero-order valence-corrected chi connectivity index (χ0v) is 14.3. The topological polar surface area (TPSA) is 83.0 Å². The SMILES string of the molecule is CC(O)c1cc(-c2ccc(-c3cccc(S(C)(=O)=O)c3)s2)n[nH]1. The molecule has 0 aliphatic heterocycles. The first-order valence-corrected chi connectivity index (χ1v) is 9.69. The summed E-state index contributed by atoms with van der Waals surface area (Å²) in [4.78, 5) is 2.22. The Morgan fingerprint density at radius 2 is 1.91 bits per heavy atom. The molecule has 0 saturated carbocycles. The van der Waals surface area contributed by atoms with Crippen molar-refractivity contribution in [3.63, 3.8) is 0 Å². The fourth-order valence-corrected chi connectivity index (χ4v) is 3.82. The van der Waals surface area contributed by atoms with Crippen LogP contribution in [-0.2, 0) is 9.84 Å². The van der Waals surface area contributed by atoms with Crippen molar-refractivity contribution in [2.75, 3.05) is 6.26 Å². The van der Waals surface area contributed by atoms with Crippen molar-refractivity contribution < 1.29 is 13.5 Å². The van der Waals surface area contributed by atoms with Crippen LogP contribution in [-0.4, -0.2) is 30.0 Å². The van der Waals surface area contributed by atoms with E-state index in [1.54, 1.807) is 25.1 Å². The summed E-state index contributed by atoms with van der Waals surface area (Å²) in [6.45, 7) is 1.67. The number of aromatic nitrogens is 2. The summed E-state index contributed by atoms with van der Waals surface area (Å²) >= 11 is 1.52. The van der Waals surface area contributed by atoms with E-state index in [1.165, 1.54) is 17.6 Å². The number of aromatic amines is 1. The predicted molar refractivity (Wildman–Crippen MR) is 91.1 cm³/mol. The van der Waals surface area contributed by atoms with Crippen LogP contribution < -0.4 is 0 Å². The van der Waals surface area contributed by atoms with Crippen LogP contribution in [0.4, 0.5) is 0 Å². The summed E-state index contributed by atoms with van der Waals surface area (Å²) in [5.74, 6) is 0. The number of sulfone groups is 1. The van der Waals surface area contributed by atoms with Crippen LogP contribution in [0.1, 0.15) is 18.7 Å². The number of rotatable bonds is 4. The monoisotopic (exact) mass is 348 g/mol. The van der Waals surface area contributed by atoms with Crippen molar-refractivity contribution >= 4 is 21.2 Å².